The Balaban J connectivity index is 1.24. The minimum atomic E-state index is 0.341. The maximum absolute atomic E-state index is 5.92. The highest BCUT2D eigenvalue weighted by molar-refractivity contribution is 5.80. The van der Waals surface area contributed by atoms with Gasteiger partial charge in [0.25, 0.3) is 0 Å². The molecule has 0 aliphatic carbocycles. The van der Waals surface area contributed by atoms with Gasteiger partial charge in [0.05, 0.1) is 31.5 Å². The van der Waals surface area contributed by atoms with Crippen LogP contribution in [-0.2, 0) is 29.2 Å². The second-order valence-corrected chi connectivity index (χ2v) is 7.58. The van der Waals surface area contributed by atoms with E-state index in [1.54, 1.807) is 0 Å². The molecule has 5 heteroatoms. The largest absolute Gasteiger partial charge is 0.373 e. The van der Waals surface area contributed by atoms with Crippen molar-refractivity contribution in [2.45, 2.75) is 57.3 Å². The van der Waals surface area contributed by atoms with Crippen LogP contribution in [0.25, 0.3) is 0 Å². The average molecular weight is 380 g/mol. The normalized spacial score (nSPS) is 23.8. The van der Waals surface area contributed by atoms with Crippen LogP contribution in [0.3, 0.4) is 0 Å². The van der Waals surface area contributed by atoms with E-state index in [2.05, 4.69) is 52.0 Å². The van der Waals surface area contributed by atoms with Gasteiger partial charge in [-0.3, -0.25) is 4.99 Å². The second kappa shape index (κ2) is 9.22. The first-order chi connectivity index (χ1) is 13.8. The molecule has 2 fully saturated rings. The molecule has 2 aromatic carbocycles. The van der Waals surface area contributed by atoms with Crippen molar-refractivity contribution in [3.63, 3.8) is 0 Å². The molecular weight excluding hydrogens is 350 g/mol. The molecule has 3 atom stereocenters. The Morgan fingerprint density at radius 2 is 1.82 bits per heavy atom. The standard InChI is InChI=1S/C23H29N3O2/c1-24-23(26-21-13-20-10-11-22(21)28-20)25-14-18-8-5-9-19(12-18)16-27-15-17-6-3-2-4-7-17/h2-9,12,20-22H,10-11,13-16H2,1H3,(H2,24,25,26). The highest BCUT2D eigenvalue weighted by Crippen LogP contribution is 2.34. The summed E-state index contributed by atoms with van der Waals surface area (Å²) in [5, 5.41) is 6.95. The van der Waals surface area contributed by atoms with Crippen molar-refractivity contribution in [1.82, 2.24) is 10.6 Å². The van der Waals surface area contributed by atoms with E-state index in [1.165, 1.54) is 23.1 Å². The van der Waals surface area contributed by atoms with Crippen molar-refractivity contribution in [3.8, 4) is 0 Å². The molecule has 2 aromatic rings. The fraction of sp³-hybridized carbons (Fsp3) is 0.435. The fourth-order valence-corrected chi connectivity index (χ4v) is 4.04. The predicted molar refractivity (Wildman–Crippen MR) is 111 cm³/mol. The summed E-state index contributed by atoms with van der Waals surface area (Å²) in [4.78, 5) is 4.37. The lowest BCUT2D eigenvalue weighted by atomic mass is 9.96. The zero-order valence-corrected chi connectivity index (χ0v) is 16.4. The van der Waals surface area contributed by atoms with Crippen molar-refractivity contribution < 1.29 is 9.47 Å². The number of ether oxygens (including phenoxy) is 2. The van der Waals surface area contributed by atoms with Crippen LogP contribution in [0.5, 0.6) is 0 Å². The maximum Gasteiger partial charge on any atom is 0.191 e. The van der Waals surface area contributed by atoms with Crippen LogP contribution < -0.4 is 10.6 Å². The molecule has 4 rings (SSSR count). The van der Waals surface area contributed by atoms with Gasteiger partial charge in [-0.05, 0) is 36.0 Å². The molecule has 0 radical (unpaired) electrons. The molecule has 2 heterocycles. The Labute approximate surface area is 167 Å². The molecule has 2 N–H and O–H groups in total. The van der Waals surface area contributed by atoms with Crippen molar-refractivity contribution in [2.24, 2.45) is 4.99 Å². The molecular formula is C23H29N3O2. The van der Waals surface area contributed by atoms with E-state index in [-0.39, 0.29) is 0 Å². The van der Waals surface area contributed by atoms with Crippen LogP contribution in [0.2, 0.25) is 0 Å². The van der Waals surface area contributed by atoms with Crippen LogP contribution in [0.15, 0.2) is 59.6 Å². The lowest BCUT2D eigenvalue weighted by molar-refractivity contribution is 0.0992. The van der Waals surface area contributed by atoms with E-state index in [4.69, 9.17) is 9.47 Å². The summed E-state index contributed by atoms with van der Waals surface area (Å²) in [6.45, 7) is 1.97. The smallest absolute Gasteiger partial charge is 0.191 e. The Morgan fingerprint density at radius 3 is 2.57 bits per heavy atom. The molecule has 2 aliphatic rings. The van der Waals surface area contributed by atoms with Gasteiger partial charge in [-0.1, -0.05) is 54.6 Å². The van der Waals surface area contributed by atoms with E-state index >= 15 is 0 Å². The van der Waals surface area contributed by atoms with Crippen LogP contribution >= 0.6 is 0 Å². The molecule has 3 unspecified atom stereocenters. The van der Waals surface area contributed by atoms with Gasteiger partial charge >= 0.3 is 0 Å². The summed E-state index contributed by atoms with van der Waals surface area (Å²) in [5.74, 6) is 0.840. The third kappa shape index (κ3) is 4.91. The van der Waals surface area contributed by atoms with E-state index in [0.717, 1.165) is 25.3 Å². The topological polar surface area (TPSA) is 54.9 Å². The average Bonchev–Trinajstić information content (AvgIpc) is 3.35. The van der Waals surface area contributed by atoms with E-state index in [9.17, 15) is 0 Å². The number of nitrogens with zero attached hydrogens (tertiary/aromatic N) is 1. The number of hydrogen-bond acceptors (Lipinski definition) is 3. The summed E-state index contributed by atoms with van der Waals surface area (Å²) in [6.07, 6.45) is 4.22. The molecule has 0 saturated carbocycles. The second-order valence-electron chi connectivity index (χ2n) is 7.58. The molecule has 28 heavy (non-hydrogen) atoms. The van der Waals surface area contributed by atoms with Gasteiger partial charge in [0.1, 0.15) is 0 Å². The Bertz CT molecular complexity index is 793. The molecule has 148 valence electrons. The maximum atomic E-state index is 5.92. The van der Waals surface area contributed by atoms with Crippen LogP contribution in [-0.4, -0.2) is 31.3 Å². The molecule has 2 bridgehead atoms. The summed E-state index contributed by atoms with van der Waals surface area (Å²) >= 11 is 0. The van der Waals surface area contributed by atoms with Crippen LogP contribution in [0.1, 0.15) is 36.0 Å². The first kappa shape index (κ1) is 19.0. The Hall–Kier alpha value is -2.37. The number of hydrogen-bond donors (Lipinski definition) is 2. The predicted octanol–water partition coefficient (Wildman–Crippen LogP) is 3.39. The van der Waals surface area contributed by atoms with Gasteiger partial charge in [0.15, 0.2) is 5.96 Å². The summed E-state index contributed by atoms with van der Waals surface area (Å²) in [5.41, 5.74) is 3.59. The highest BCUT2D eigenvalue weighted by Gasteiger charge is 2.41. The molecule has 0 aromatic heterocycles. The van der Waals surface area contributed by atoms with Gasteiger partial charge < -0.3 is 20.1 Å². The van der Waals surface area contributed by atoms with E-state index < -0.39 is 0 Å². The quantitative estimate of drug-likeness (QED) is 0.572. The van der Waals surface area contributed by atoms with E-state index in [0.29, 0.717) is 31.5 Å². The van der Waals surface area contributed by atoms with Crippen molar-refractivity contribution in [1.29, 1.82) is 0 Å². The number of benzene rings is 2. The minimum Gasteiger partial charge on any atom is -0.373 e. The van der Waals surface area contributed by atoms with E-state index in [1.807, 2.05) is 25.2 Å². The van der Waals surface area contributed by atoms with Gasteiger partial charge in [-0.25, -0.2) is 0 Å². The lowest BCUT2D eigenvalue weighted by Crippen LogP contribution is -2.47. The van der Waals surface area contributed by atoms with Crippen molar-refractivity contribution >= 4 is 5.96 Å². The van der Waals surface area contributed by atoms with Gasteiger partial charge in [-0.15, -0.1) is 0 Å². The lowest BCUT2D eigenvalue weighted by Gasteiger charge is -2.22. The summed E-state index contributed by atoms with van der Waals surface area (Å²) < 4.78 is 11.8. The third-order valence-corrected chi connectivity index (χ3v) is 5.48. The van der Waals surface area contributed by atoms with Gasteiger partial charge in [0, 0.05) is 13.6 Å². The molecule has 2 aliphatic heterocycles. The van der Waals surface area contributed by atoms with Crippen LogP contribution in [0.4, 0.5) is 0 Å². The zero-order valence-electron chi connectivity index (χ0n) is 16.4. The zero-order chi connectivity index (χ0) is 19.2. The first-order valence-electron chi connectivity index (χ1n) is 10.1. The summed E-state index contributed by atoms with van der Waals surface area (Å²) in [7, 11) is 1.82. The Morgan fingerprint density at radius 1 is 1.04 bits per heavy atom. The van der Waals surface area contributed by atoms with Crippen molar-refractivity contribution in [3.05, 3.63) is 71.3 Å². The number of nitrogens with one attached hydrogen (secondary N) is 2. The fourth-order valence-electron chi connectivity index (χ4n) is 4.04. The first-order valence-corrected chi connectivity index (χ1v) is 10.1. The van der Waals surface area contributed by atoms with Crippen molar-refractivity contribution in [2.75, 3.05) is 7.05 Å². The number of fused-ring (bicyclic) bond motifs is 2. The number of guanidine groups is 1. The molecule has 0 amide bonds. The monoisotopic (exact) mass is 379 g/mol. The number of rotatable bonds is 7. The molecule has 5 nitrogen and oxygen atoms in total. The van der Waals surface area contributed by atoms with Gasteiger partial charge in [0.2, 0.25) is 0 Å². The van der Waals surface area contributed by atoms with Gasteiger partial charge in [-0.2, -0.15) is 0 Å². The Kier molecular flexibility index (Phi) is 6.24. The van der Waals surface area contributed by atoms with Crippen LogP contribution in [0, 0.1) is 0 Å². The molecule has 0 spiro atoms. The molecule has 2 saturated heterocycles. The number of aliphatic imine (C=N–C) groups is 1. The summed E-state index contributed by atoms with van der Waals surface area (Å²) in [6, 6.07) is 19.1. The third-order valence-electron chi connectivity index (χ3n) is 5.48. The SMILES string of the molecule is CN=C(NCc1cccc(COCc2ccccc2)c1)NC1CC2CCC1O2. The minimum absolute atomic E-state index is 0.341. The highest BCUT2D eigenvalue weighted by atomic mass is 16.5.